The molecule has 0 bridgehead atoms. The Bertz CT molecular complexity index is 831. The molecule has 5 nitrogen and oxygen atoms in total. The monoisotopic (exact) mass is 385 g/mol. The summed E-state index contributed by atoms with van der Waals surface area (Å²) >= 11 is 1.67. The number of carbonyl (C=O) groups is 3. The molecular weight excluding hydrogens is 362 g/mol. The Labute approximate surface area is 163 Å². The van der Waals surface area contributed by atoms with Crippen molar-refractivity contribution in [3.05, 3.63) is 53.6 Å². The summed E-state index contributed by atoms with van der Waals surface area (Å²) in [6, 6.07) is 13.8. The fraction of sp³-hybridized carbons (Fsp3) is 0.286. The van der Waals surface area contributed by atoms with Gasteiger partial charge in [0, 0.05) is 21.9 Å². The second-order valence-corrected chi connectivity index (χ2v) is 7.42. The molecule has 1 N–H and O–H groups in total. The summed E-state index contributed by atoms with van der Waals surface area (Å²) in [5.41, 5.74) is 3.06. The molecule has 0 saturated heterocycles. The number of hydrogen-bond donors (Lipinski definition) is 1. The van der Waals surface area contributed by atoms with Crippen LogP contribution in [-0.4, -0.2) is 24.3 Å². The van der Waals surface area contributed by atoms with Crippen molar-refractivity contribution in [3.63, 3.8) is 0 Å². The van der Waals surface area contributed by atoms with Crippen LogP contribution < -0.4 is 5.32 Å². The van der Waals surface area contributed by atoms with E-state index >= 15 is 0 Å². The van der Waals surface area contributed by atoms with Crippen LogP contribution in [0.3, 0.4) is 0 Å². The van der Waals surface area contributed by atoms with E-state index in [1.54, 1.807) is 11.8 Å². The van der Waals surface area contributed by atoms with Crippen molar-refractivity contribution in [2.45, 2.75) is 43.4 Å². The number of aryl methyl sites for hydroxylation is 2. The van der Waals surface area contributed by atoms with Crippen molar-refractivity contribution >= 4 is 35.1 Å². The fourth-order valence-corrected chi connectivity index (χ4v) is 3.24. The molecule has 2 rings (SSSR count). The summed E-state index contributed by atoms with van der Waals surface area (Å²) in [6.07, 6.45) is 0.118. The number of benzene rings is 2. The van der Waals surface area contributed by atoms with Crippen molar-refractivity contribution < 1.29 is 19.1 Å². The third-order valence-electron chi connectivity index (χ3n) is 3.75. The Morgan fingerprint density at radius 1 is 1.00 bits per heavy atom. The number of amides is 1. The maximum atomic E-state index is 11.9. The van der Waals surface area contributed by atoms with Gasteiger partial charge in [0.25, 0.3) is 5.91 Å². The summed E-state index contributed by atoms with van der Waals surface area (Å²) in [5, 5.41) is 2.68. The standard InChI is InChI=1S/C21H23NO4S/c1-14-4-5-15(2)19(12-14)27-18-9-7-17(8-10-18)22-20(24)13-26-21(25)11-6-16(3)23/h4-5,7-10,12H,6,11,13H2,1-3H3,(H,22,24). The molecule has 2 aromatic carbocycles. The number of rotatable bonds is 8. The quantitative estimate of drug-likeness (QED) is 0.686. The average Bonchev–Trinajstić information content (AvgIpc) is 2.63. The van der Waals surface area contributed by atoms with Crippen LogP contribution in [0.2, 0.25) is 0 Å². The van der Waals surface area contributed by atoms with Crippen molar-refractivity contribution in [1.29, 1.82) is 0 Å². The number of ketones is 1. The Balaban J connectivity index is 1.84. The molecule has 0 aliphatic heterocycles. The molecule has 0 saturated carbocycles. The maximum Gasteiger partial charge on any atom is 0.306 e. The van der Waals surface area contributed by atoms with Gasteiger partial charge in [-0.15, -0.1) is 0 Å². The second kappa shape index (κ2) is 9.92. The predicted octanol–water partition coefficient (Wildman–Crippen LogP) is 4.31. The van der Waals surface area contributed by atoms with Crippen LogP contribution in [0, 0.1) is 13.8 Å². The molecule has 0 aliphatic rings. The Morgan fingerprint density at radius 3 is 2.37 bits per heavy atom. The van der Waals surface area contributed by atoms with Gasteiger partial charge in [-0.3, -0.25) is 9.59 Å². The first-order chi connectivity index (χ1) is 12.8. The molecule has 142 valence electrons. The smallest absolute Gasteiger partial charge is 0.306 e. The normalized spacial score (nSPS) is 10.3. The molecule has 0 radical (unpaired) electrons. The maximum absolute atomic E-state index is 11.9. The van der Waals surface area contributed by atoms with Crippen molar-refractivity contribution in [2.75, 3.05) is 11.9 Å². The first-order valence-electron chi connectivity index (χ1n) is 8.63. The summed E-state index contributed by atoms with van der Waals surface area (Å²) in [7, 11) is 0. The van der Waals surface area contributed by atoms with E-state index in [2.05, 4.69) is 37.4 Å². The minimum absolute atomic E-state index is 0.00703. The minimum Gasteiger partial charge on any atom is -0.456 e. The second-order valence-electron chi connectivity index (χ2n) is 6.31. The number of ether oxygens (including phenoxy) is 1. The highest BCUT2D eigenvalue weighted by Crippen LogP contribution is 2.31. The zero-order chi connectivity index (χ0) is 19.8. The molecule has 0 aliphatic carbocycles. The van der Waals surface area contributed by atoms with Crippen molar-refractivity contribution in [3.8, 4) is 0 Å². The highest BCUT2D eigenvalue weighted by Gasteiger charge is 2.09. The molecular formula is C21H23NO4S. The van der Waals surface area contributed by atoms with Crippen molar-refractivity contribution in [2.24, 2.45) is 0 Å². The topological polar surface area (TPSA) is 72.5 Å². The first-order valence-corrected chi connectivity index (χ1v) is 9.45. The lowest BCUT2D eigenvalue weighted by atomic mass is 10.2. The molecule has 0 unspecified atom stereocenters. The molecule has 0 spiro atoms. The SMILES string of the molecule is CC(=O)CCC(=O)OCC(=O)Nc1ccc(Sc2cc(C)ccc2C)cc1. The van der Waals surface area contributed by atoms with Crippen LogP contribution in [0.15, 0.2) is 52.3 Å². The zero-order valence-electron chi connectivity index (χ0n) is 15.7. The molecule has 6 heteroatoms. The number of carbonyl (C=O) groups excluding carboxylic acids is 3. The van der Waals surface area contributed by atoms with Crippen molar-refractivity contribution in [1.82, 2.24) is 0 Å². The lowest BCUT2D eigenvalue weighted by Gasteiger charge is -2.09. The molecule has 0 aromatic heterocycles. The van der Waals surface area contributed by atoms with Gasteiger partial charge in [0.05, 0.1) is 6.42 Å². The van der Waals surface area contributed by atoms with Gasteiger partial charge in [0.1, 0.15) is 5.78 Å². The van der Waals surface area contributed by atoms with Crippen LogP contribution in [0.1, 0.15) is 30.9 Å². The van der Waals surface area contributed by atoms with E-state index in [9.17, 15) is 14.4 Å². The highest BCUT2D eigenvalue weighted by atomic mass is 32.2. The Kier molecular flexibility index (Phi) is 7.61. The average molecular weight is 385 g/mol. The lowest BCUT2D eigenvalue weighted by molar-refractivity contribution is -0.148. The van der Waals surface area contributed by atoms with Gasteiger partial charge in [-0.05, 0) is 62.2 Å². The van der Waals surface area contributed by atoms with E-state index < -0.39 is 11.9 Å². The predicted molar refractivity (Wildman–Crippen MR) is 106 cm³/mol. The van der Waals surface area contributed by atoms with Gasteiger partial charge in [-0.1, -0.05) is 23.9 Å². The van der Waals surface area contributed by atoms with Crippen LogP contribution in [0.5, 0.6) is 0 Å². The van der Waals surface area contributed by atoms with Crippen LogP contribution in [0.4, 0.5) is 5.69 Å². The molecule has 1 amide bonds. The van der Waals surface area contributed by atoms with Crippen LogP contribution in [0.25, 0.3) is 0 Å². The van der Waals surface area contributed by atoms with E-state index in [0.29, 0.717) is 5.69 Å². The summed E-state index contributed by atoms with van der Waals surface area (Å²) < 4.78 is 4.85. The number of nitrogens with one attached hydrogen (secondary N) is 1. The largest absolute Gasteiger partial charge is 0.456 e. The van der Waals surface area contributed by atoms with Gasteiger partial charge in [0.2, 0.25) is 0 Å². The number of Topliss-reactive ketones (excluding diaryl/α,β-unsaturated/α-hetero) is 1. The van der Waals surface area contributed by atoms with Crippen LogP contribution >= 0.6 is 11.8 Å². The molecule has 0 fully saturated rings. The van der Waals surface area contributed by atoms with Gasteiger partial charge in [0.15, 0.2) is 6.61 Å². The van der Waals surface area contributed by atoms with Gasteiger partial charge < -0.3 is 14.8 Å². The summed E-state index contributed by atoms with van der Waals surface area (Å²) in [6.45, 7) is 5.18. The Hall–Kier alpha value is -2.60. The summed E-state index contributed by atoms with van der Waals surface area (Å²) in [5.74, 6) is -1.06. The minimum atomic E-state index is -0.555. The molecule has 0 heterocycles. The number of anilines is 1. The highest BCUT2D eigenvalue weighted by molar-refractivity contribution is 7.99. The van der Waals surface area contributed by atoms with E-state index in [4.69, 9.17) is 4.74 Å². The zero-order valence-corrected chi connectivity index (χ0v) is 16.5. The molecule has 2 aromatic rings. The third kappa shape index (κ3) is 7.27. The third-order valence-corrected chi connectivity index (χ3v) is 4.92. The van der Waals surface area contributed by atoms with E-state index in [-0.39, 0.29) is 25.2 Å². The van der Waals surface area contributed by atoms with Gasteiger partial charge >= 0.3 is 5.97 Å². The fourth-order valence-electron chi connectivity index (χ4n) is 2.24. The van der Waals surface area contributed by atoms with E-state index in [1.165, 1.54) is 22.9 Å². The number of esters is 1. The van der Waals surface area contributed by atoms with E-state index in [0.717, 1.165) is 4.90 Å². The van der Waals surface area contributed by atoms with Crippen LogP contribution in [-0.2, 0) is 19.1 Å². The molecule has 27 heavy (non-hydrogen) atoms. The Morgan fingerprint density at radius 2 is 1.70 bits per heavy atom. The van der Waals surface area contributed by atoms with E-state index in [1.807, 2.05) is 24.3 Å². The van der Waals surface area contributed by atoms with Gasteiger partial charge in [-0.25, -0.2) is 0 Å². The lowest BCUT2D eigenvalue weighted by Crippen LogP contribution is -2.21. The van der Waals surface area contributed by atoms with Gasteiger partial charge in [-0.2, -0.15) is 0 Å². The first kappa shape index (κ1) is 20.7. The number of hydrogen-bond acceptors (Lipinski definition) is 5. The summed E-state index contributed by atoms with van der Waals surface area (Å²) in [4.78, 5) is 36.4. The molecule has 0 atom stereocenters.